The van der Waals surface area contributed by atoms with Crippen molar-refractivity contribution in [3.8, 4) is 6.07 Å². The van der Waals surface area contributed by atoms with E-state index in [0.717, 1.165) is 0 Å². The molecule has 0 bridgehead atoms. The van der Waals surface area contributed by atoms with Gasteiger partial charge in [0.15, 0.2) is 0 Å². The van der Waals surface area contributed by atoms with Crippen LogP contribution in [0.15, 0.2) is 17.1 Å². The molecular weight excluding hydrogens is 166 g/mol. The predicted octanol–water partition coefficient (Wildman–Crippen LogP) is 0.711. The lowest BCUT2D eigenvalue weighted by Gasteiger charge is -2.05. The van der Waals surface area contributed by atoms with E-state index in [9.17, 15) is 4.79 Å². The van der Waals surface area contributed by atoms with Crippen LogP contribution in [0.2, 0.25) is 0 Å². The van der Waals surface area contributed by atoms with E-state index < -0.39 is 0 Å². The average molecular weight is 177 g/mol. The normalized spacial score (nSPS) is 12.1. The minimum Gasteiger partial charge on any atom is -0.298 e. The maximum atomic E-state index is 11.2. The smallest absolute Gasteiger partial charge is 0.298 e. The molecule has 1 aromatic rings. The van der Waals surface area contributed by atoms with Gasteiger partial charge in [0.1, 0.15) is 0 Å². The topological polar surface area (TPSA) is 58.7 Å². The monoisotopic (exact) mass is 177 g/mol. The lowest BCUT2D eigenvalue weighted by atomic mass is 10.2. The molecule has 0 saturated carbocycles. The van der Waals surface area contributed by atoms with Crippen molar-refractivity contribution in [3.63, 3.8) is 0 Å². The van der Waals surface area contributed by atoms with Crippen molar-refractivity contribution in [1.29, 1.82) is 5.26 Å². The van der Waals surface area contributed by atoms with Gasteiger partial charge in [-0.25, -0.2) is 4.79 Å². The first-order valence-electron chi connectivity index (χ1n) is 4.07. The summed E-state index contributed by atoms with van der Waals surface area (Å²) in [5.74, 6) is -0.165. The summed E-state index contributed by atoms with van der Waals surface area (Å²) < 4.78 is 1.45. The molecule has 0 aliphatic heterocycles. The third kappa shape index (κ3) is 2.41. The van der Waals surface area contributed by atoms with E-state index in [4.69, 9.17) is 5.26 Å². The summed E-state index contributed by atoms with van der Waals surface area (Å²) in [7, 11) is 0. The highest BCUT2D eigenvalue weighted by atomic mass is 16.1. The second-order valence-electron chi connectivity index (χ2n) is 3.03. The van der Waals surface area contributed by atoms with Crippen LogP contribution in [-0.2, 0) is 6.54 Å². The highest BCUT2D eigenvalue weighted by Crippen LogP contribution is 1.95. The van der Waals surface area contributed by atoms with E-state index in [-0.39, 0.29) is 11.6 Å². The maximum Gasteiger partial charge on any atom is 0.347 e. The lowest BCUT2D eigenvalue weighted by Crippen LogP contribution is -2.25. The van der Waals surface area contributed by atoms with Gasteiger partial charge < -0.3 is 0 Å². The quantitative estimate of drug-likeness (QED) is 0.668. The third-order valence-electron chi connectivity index (χ3n) is 1.70. The summed E-state index contributed by atoms with van der Waals surface area (Å²) >= 11 is 0. The van der Waals surface area contributed by atoms with Gasteiger partial charge in [-0.2, -0.15) is 10.2 Å². The van der Waals surface area contributed by atoms with E-state index in [1.807, 2.05) is 0 Å². The molecule has 0 aliphatic rings. The van der Waals surface area contributed by atoms with Crippen LogP contribution < -0.4 is 5.69 Å². The van der Waals surface area contributed by atoms with E-state index in [1.165, 1.54) is 4.57 Å². The Hall–Kier alpha value is -1.63. The van der Waals surface area contributed by atoms with Crippen LogP contribution in [0.4, 0.5) is 0 Å². The molecule has 0 aliphatic carbocycles. The molecule has 0 radical (unpaired) electrons. The van der Waals surface area contributed by atoms with Gasteiger partial charge in [0, 0.05) is 18.4 Å². The number of hydrogen-bond acceptors (Lipinski definition) is 3. The Morgan fingerprint density at radius 1 is 1.77 bits per heavy atom. The number of hydrogen-bond donors (Lipinski definition) is 0. The predicted molar refractivity (Wildman–Crippen MR) is 48.0 cm³/mol. The first-order valence-corrected chi connectivity index (χ1v) is 4.07. The highest BCUT2D eigenvalue weighted by molar-refractivity contribution is 4.96. The molecule has 1 rings (SSSR count). The summed E-state index contributed by atoms with van der Waals surface area (Å²) in [6.07, 6.45) is 1.67. The lowest BCUT2D eigenvalue weighted by molar-refractivity contribution is 0.551. The van der Waals surface area contributed by atoms with E-state index >= 15 is 0 Å². The van der Waals surface area contributed by atoms with E-state index in [0.29, 0.717) is 12.2 Å². The van der Waals surface area contributed by atoms with Gasteiger partial charge in [-0.1, -0.05) is 0 Å². The average Bonchev–Trinajstić information content (AvgIpc) is 2.09. The molecule has 0 amide bonds. The molecule has 68 valence electrons. The van der Waals surface area contributed by atoms with Crippen molar-refractivity contribution in [2.45, 2.75) is 20.4 Å². The second kappa shape index (κ2) is 3.85. The Morgan fingerprint density at radius 2 is 2.46 bits per heavy atom. The van der Waals surface area contributed by atoms with Gasteiger partial charge in [-0.15, -0.1) is 0 Å². The molecule has 4 nitrogen and oxygen atoms in total. The highest BCUT2D eigenvalue weighted by Gasteiger charge is 2.02. The minimum atomic E-state index is -0.290. The van der Waals surface area contributed by atoms with Crippen LogP contribution in [0.1, 0.15) is 12.6 Å². The molecule has 0 saturated heterocycles. The van der Waals surface area contributed by atoms with Crippen molar-refractivity contribution in [3.05, 3.63) is 28.4 Å². The molecular formula is C9H11N3O. The van der Waals surface area contributed by atoms with Gasteiger partial charge in [0.25, 0.3) is 0 Å². The standard InChI is InChI=1S/C9H11N3O/c1-7(5-10)6-12-4-3-8(2)11-9(12)13/h3-4,7H,6H2,1-2H3. The fourth-order valence-corrected chi connectivity index (χ4v) is 0.989. The van der Waals surface area contributed by atoms with Crippen LogP contribution >= 0.6 is 0 Å². The van der Waals surface area contributed by atoms with Crippen molar-refractivity contribution >= 4 is 0 Å². The second-order valence-corrected chi connectivity index (χ2v) is 3.03. The molecule has 0 N–H and O–H groups in total. The maximum absolute atomic E-state index is 11.2. The van der Waals surface area contributed by atoms with Crippen molar-refractivity contribution in [2.75, 3.05) is 0 Å². The Balaban J connectivity index is 2.92. The number of aryl methyl sites for hydroxylation is 1. The zero-order valence-electron chi connectivity index (χ0n) is 7.69. The van der Waals surface area contributed by atoms with Gasteiger partial charge >= 0.3 is 5.69 Å². The zero-order chi connectivity index (χ0) is 9.84. The van der Waals surface area contributed by atoms with Gasteiger partial charge in [-0.05, 0) is 19.9 Å². The van der Waals surface area contributed by atoms with E-state index in [1.54, 1.807) is 26.1 Å². The zero-order valence-corrected chi connectivity index (χ0v) is 7.69. The van der Waals surface area contributed by atoms with Gasteiger partial charge in [-0.3, -0.25) is 4.57 Å². The van der Waals surface area contributed by atoms with Crippen molar-refractivity contribution in [2.24, 2.45) is 5.92 Å². The fourth-order valence-electron chi connectivity index (χ4n) is 0.989. The number of aromatic nitrogens is 2. The van der Waals surface area contributed by atoms with Gasteiger partial charge in [0.05, 0.1) is 12.0 Å². The molecule has 0 fully saturated rings. The minimum absolute atomic E-state index is 0.165. The first kappa shape index (κ1) is 9.46. The molecule has 4 heteroatoms. The Bertz CT molecular complexity index is 389. The number of rotatable bonds is 2. The molecule has 0 aromatic carbocycles. The number of nitrogens with zero attached hydrogens (tertiary/aromatic N) is 3. The first-order chi connectivity index (χ1) is 6.13. The van der Waals surface area contributed by atoms with Crippen LogP contribution in [0.5, 0.6) is 0 Å². The van der Waals surface area contributed by atoms with Crippen molar-refractivity contribution < 1.29 is 0 Å². The number of nitriles is 1. The van der Waals surface area contributed by atoms with Crippen LogP contribution in [0, 0.1) is 24.2 Å². The van der Waals surface area contributed by atoms with Crippen molar-refractivity contribution in [1.82, 2.24) is 9.55 Å². The summed E-state index contributed by atoms with van der Waals surface area (Å²) in [6, 6.07) is 3.82. The Kier molecular flexibility index (Phi) is 2.80. The molecule has 1 aromatic heterocycles. The van der Waals surface area contributed by atoms with Gasteiger partial charge in [0.2, 0.25) is 0 Å². The van der Waals surface area contributed by atoms with Crippen LogP contribution in [0.3, 0.4) is 0 Å². The Labute approximate surface area is 76.5 Å². The van der Waals surface area contributed by atoms with Crippen LogP contribution in [-0.4, -0.2) is 9.55 Å². The largest absolute Gasteiger partial charge is 0.347 e. The molecule has 13 heavy (non-hydrogen) atoms. The summed E-state index contributed by atoms with van der Waals surface area (Å²) in [5, 5.41) is 8.56. The summed E-state index contributed by atoms with van der Waals surface area (Å²) in [4.78, 5) is 15.0. The fraction of sp³-hybridized carbons (Fsp3) is 0.444. The third-order valence-corrected chi connectivity index (χ3v) is 1.70. The Morgan fingerprint density at radius 3 is 3.00 bits per heavy atom. The summed E-state index contributed by atoms with van der Waals surface area (Å²) in [6.45, 7) is 3.94. The van der Waals surface area contributed by atoms with Crippen LogP contribution in [0.25, 0.3) is 0 Å². The SMILES string of the molecule is Cc1ccn(CC(C)C#N)c(=O)n1. The van der Waals surface area contributed by atoms with E-state index in [2.05, 4.69) is 11.1 Å². The summed E-state index contributed by atoms with van der Waals surface area (Å²) in [5.41, 5.74) is 0.410. The molecule has 1 atom stereocenters. The molecule has 1 unspecified atom stereocenters. The molecule has 0 spiro atoms. The molecule has 1 heterocycles.